The van der Waals surface area contributed by atoms with Gasteiger partial charge in [0.05, 0.1) is 6.10 Å². The van der Waals surface area contributed by atoms with Gasteiger partial charge in [0.25, 0.3) is 0 Å². The van der Waals surface area contributed by atoms with Crippen LogP contribution in [0.4, 0.5) is 10.5 Å². The highest BCUT2D eigenvalue weighted by Gasteiger charge is 2.53. The molecule has 6 nitrogen and oxygen atoms in total. The maximum atomic E-state index is 12.3. The van der Waals surface area contributed by atoms with Crippen LogP contribution < -0.4 is 5.32 Å². The molecule has 1 saturated carbocycles. The van der Waals surface area contributed by atoms with Gasteiger partial charge in [0.1, 0.15) is 5.69 Å². The number of amides is 2. The minimum Gasteiger partial charge on any atom is -0.393 e. The number of nitrogens with zero attached hydrogens (tertiary/aromatic N) is 3. The average molecular weight is 285 g/mol. The van der Waals surface area contributed by atoms with Gasteiger partial charge in [-0.05, 0) is 25.7 Å². The Morgan fingerprint density at radius 1 is 1.63 bits per heavy atom. The number of nitrogens with one attached hydrogen (secondary N) is 1. The van der Waals surface area contributed by atoms with E-state index in [0.29, 0.717) is 25.1 Å². The lowest BCUT2D eigenvalue weighted by Gasteiger charge is -2.38. The fourth-order valence-corrected chi connectivity index (χ4v) is 3.04. The van der Waals surface area contributed by atoms with Gasteiger partial charge in [-0.1, -0.05) is 11.6 Å². The molecule has 0 aromatic carbocycles. The average Bonchev–Trinajstić information content (AvgIpc) is 2.99. The van der Waals surface area contributed by atoms with E-state index < -0.39 is 0 Å². The predicted molar refractivity (Wildman–Crippen MR) is 71.1 cm³/mol. The van der Waals surface area contributed by atoms with E-state index in [1.807, 2.05) is 4.90 Å². The molecule has 1 aliphatic heterocycles. The quantitative estimate of drug-likeness (QED) is 0.823. The molecule has 1 atom stereocenters. The van der Waals surface area contributed by atoms with Crippen molar-refractivity contribution in [3.05, 3.63) is 11.3 Å². The van der Waals surface area contributed by atoms with Crippen LogP contribution in [0.5, 0.6) is 0 Å². The van der Waals surface area contributed by atoms with E-state index in [1.54, 1.807) is 17.9 Å². The van der Waals surface area contributed by atoms with Gasteiger partial charge in [-0.3, -0.25) is 4.68 Å². The van der Waals surface area contributed by atoms with E-state index in [0.717, 1.165) is 12.8 Å². The van der Waals surface area contributed by atoms with Crippen LogP contribution in [0.2, 0.25) is 5.15 Å². The summed E-state index contributed by atoms with van der Waals surface area (Å²) in [6, 6.07) is -0.153. The maximum absolute atomic E-state index is 12.3. The number of piperidine rings is 1. The summed E-state index contributed by atoms with van der Waals surface area (Å²) in [6.07, 6.45) is 4.65. The Labute approximate surface area is 116 Å². The largest absolute Gasteiger partial charge is 0.393 e. The first-order valence-corrected chi connectivity index (χ1v) is 6.84. The number of aryl methyl sites for hydroxylation is 1. The number of carbonyl (C=O) groups excluding carboxylic acids is 1. The van der Waals surface area contributed by atoms with Crippen molar-refractivity contribution in [2.24, 2.45) is 7.05 Å². The summed E-state index contributed by atoms with van der Waals surface area (Å²) in [4.78, 5) is 14.2. The van der Waals surface area contributed by atoms with E-state index >= 15 is 0 Å². The Bertz CT molecular complexity index is 512. The van der Waals surface area contributed by atoms with Crippen LogP contribution >= 0.6 is 11.6 Å². The molecule has 2 heterocycles. The molecule has 2 aliphatic rings. The minimum absolute atomic E-state index is 0.129. The highest BCUT2D eigenvalue weighted by molar-refractivity contribution is 6.32. The number of halogens is 1. The van der Waals surface area contributed by atoms with Crippen molar-refractivity contribution in [1.82, 2.24) is 14.7 Å². The molecule has 19 heavy (non-hydrogen) atoms. The third kappa shape index (κ3) is 2.30. The molecule has 2 amide bonds. The molecular formula is C12H17ClN4O2. The predicted octanol–water partition coefficient (Wildman–Crippen LogP) is 1.59. The van der Waals surface area contributed by atoms with Gasteiger partial charge < -0.3 is 15.3 Å². The number of aliphatic hydroxyl groups is 1. The first-order chi connectivity index (χ1) is 9.00. The Hall–Kier alpha value is -1.27. The van der Waals surface area contributed by atoms with Crippen molar-refractivity contribution in [3.63, 3.8) is 0 Å². The van der Waals surface area contributed by atoms with Crippen LogP contribution in [0.15, 0.2) is 6.20 Å². The Morgan fingerprint density at radius 2 is 2.37 bits per heavy atom. The lowest BCUT2D eigenvalue weighted by atomic mass is 9.98. The van der Waals surface area contributed by atoms with Gasteiger partial charge in [-0.25, -0.2) is 4.79 Å². The van der Waals surface area contributed by atoms with Crippen LogP contribution in [-0.2, 0) is 7.05 Å². The van der Waals surface area contributed by atoms with Crippen LogP contribution in [0, 0.1) is 0 Å². The second-order valence-electron chi connectivity index (χ2n) is 5.46. The number of carbonyl (C=O) groups is 1. The summed E-state index contributed by atoms with van der Waals surface area (Å²) in [5.74, 6) is 0. The molecule has 1 spiro atoms. The van der Waals surface area contributed by atoms with Crippen molar-refractivity contribution in [3.8, 4) is 0 Å². The molecule has 7 heteroatoms. The lowest BCUT2D eigenvalue weighted by Crippen LogP contribution is -2.51. The van der Waals surface area contributed by atoms with Gasteiger partial charge in [-0.15, -0.1) is 0 Å². The summed E-state index contributed by atoms with van der Waals surface area (Å²) in [6.45, 7) is 0.588. The molecular weight excluding hydrogens is 268 g/mol. The van der Waals surface area contributed by atoms with E-state index in [1.165, 1.54) is 0 Å². The van der Waals surface area contributed by atoms with Gasteiger partial charge in [0, 0.05) is 25.3 Å². The number of hydrogen-bond donors (Lipinski definition) is 2. The fraction of sp³-hybridized carbons (Fsp3) is 0.667. The van der Waals surface area contributed by atoms with Crippen molar-refractivity contribution in [1.29, 1.82) is 0 Å². The van der Waals surface area contributed by atoms with Gasteiger partial charge >= 0.3 is 6.03 Å². The molecule has 2 N–H and O–H groups in total. The van der Waals surface area contributed by atoms with Gasteiger partial charge in [0.2, 0.25) is 0 Å². The third-order valence-corrected chi connectivity index (χ3v) is 4.25. The van der Waals surface area contributed by atoms with Crippen molar-refractivity contribution < 1.29 is 9.90 Å². The zero-order valence-corrected chi connectivity index (χ0v) is 11.5. The van der Waals surface area contributed by atoms with Crippen LogP contribution in [0.25, 0.3) is 0 Å². The Balaban J connectivity index is 1.72. The molecule has 1 unspecified atom stereocenters. The van der Waals surface area contributed by atoms with Crippen molar-refractivity contribution in [2.45, 2.75) is 37.3 Å². The number of anilines is 1. The number of likely N-dealkylation sites (tertiary alicyclic amines) is 1. The smallest absolute Gasteiger partial charge is 0.322 e. The Morgan fingerprint density at radius 3 is 2.95 bits per heavy atom. The highest BCUT2D eigenvalue weighted by atomic mass is 35.5. The van der Waals surface area contributed by atoms with Crippen molar-refractivity contribution in [2.75, 3.05) is 11.9 Å². The second-order valence-corrected chi connectivity index (χ2v) is 5.82. The first-order valence-electron chi connectivity index (χ1n) is 6.46. The van der Waals surface area contributed by atoms with Crippen LogP contribution in [0.1, 0.15) is 25.7 Å². The topological polar surface area (TPSA) is 70.4 Å². The molecule has 3 rings (SSSR count). The summed E-state index contributed by atoms with van der Waals surface area (Å²) < 4.78 is 1.56. The molecule has 104 valence electrons. The molecule has 1 saturated heterocycles. The minimum atomic E-state index is -0.284. The molecule has 1 aliphatic carbocycles. The molecule has 0 bridgehead atoms. The lowest BCUT2D eigenvalue weighted by molar-refractivity contribution is 0.0527. The zero-order chi connectivity index (χ0) is 13.6. The number of aromatic nitrogens is 2. The van der Waals surface area contributed by atoms with E-state index in [2.05, 4.69) is 10.4 Å². The molecule has 2 fully saturated rings. The summed E-state index contributed by atoms with van der Waals surface area (Å²) in [5, 5.41) is 16.8. The van der Waals surface area contributed by atoms with E-state index in [4.69, 9.17) is 11.6 Å². The summed E-state index contributed by atoms with van der Waals surface area (Å²) in [7, 11) is 1.75. The monoisotopic (exact) mass is 284 g/mol. The fourth-order valence-electron chi connectivity index (χ4n) is 2.83. The van der Waals surface area contributed by atoms with Gasteiger partial charge in [-0.2, -0.15) is 5.10 Å². The Kier molecular flexibility index (Phi) is 2.94. The maximum Gasteiger partial charge on any atom is 0.322 e. The molecule has 1 aromatic rings. The summed E-state index contributed by atoms with van der Waals surface area (Å²) in [5.41, 5.74) is 0.396. The SMILES string of the molecule is Cn1cc(NC(=O)N2CCC(O)CC23CC3)c(Cl)n1. The number of hydrogen-bond acceptors (Lipinski definition) is 3. The second kappa shape index (κ2) is 4.38. The molecule has 0 radical (unpaired) electrons. The highest BCUT2D eigenvalue weighted by Crippen LogP contribution is 2.48. The zero-order valence-electron chi connectivity index (χ0n) is 10.8. The van der Waals surface area contributed by atoms with E-state index in [-0.39, 0.29) is 22.8 Å². The normalized spacial score (nSPS) is 24.6. The van der Waals surface area contributed by atoms with Crippen molar-refractivity contribution >= 4 is 23.3 Å². The van der Waals surface area contributed by atoms with Crippen LogP contribution in [-0.4, -0.2) is 44.0 Å². The van der Waals surface area contributed by atoms with E-state index in [9.17, 15) is 9.90 Å². The number of urea groups is 1. The first kappa shape index (κ1) is 12.7. The third-order valence-electron chi connectivity index (χ3n) is 3.97. The van der Waals surface area contributed by atoms with Gasteiger partial charge in [0.15, 0.2) is 5.15 Å². The molecule has 1 aromatic heterocycles. The standard InChI is InChI=1S/C12H17ClN4O2/c1-16-7-9(10(13)15-16)14-11(19)17-5-2-8(18)6-12(17)3-4-12/h7-8,18H,2-6H2,1H3,(H,14,19). The summed E-state index contributed by atoms with van der Waals surface area (Å²) >= 11 is 5.93. The van der Waals surface area contributed by atoms with Crippen LogP contribution in [0.3, 0.4) is 0 Å². The number of rotatable bonds is 1. The number of aliphatic hydroxyl groups excluding tert-OH is 1.